The van der Waals surface area contributed by atoms with Gasteiger partial charge in [0.15, 0.2) is 0 Å². The fraction of sp³-hybridized carbons (Fsp3) is 0.526. The molecule has 0 radical (unpaired) electrons. The highest BCUT2D eigenvalue weighted by molar-refractivity contribution is 5.51. The molecule has 2 aromatic rings. The topological polar surface area (TPSA) is 78.0 Å². The van der Waals surface area contributed by atoms with Crippen LogP contribution in [0.4, 0.5) is 5.82 Å². The van der Waals surface area contributed by atoms with E-state index in [-0.39, 0.29) is 5.41 Å². The fourth-order valence-electron chi connectivity index (χ4n) is 3.02. The molecule has 1 saturated heterocycles. The lowest BCUT2D eigenvalue weighted by atomic mass is 9.94. The molecular formula is C19H25N5O. The van der Waals surface area contributed by atoms with Gasteiger partial charge in [0.1, 0.15) is 17.6 Å². The van der Waals surface area contributed by atoms with Crippen molar-refractivity contribution in [3.05, 3.63) is 41.7 Å². The molecule has 0 amide bonds. The van der Waals surface area contributed by atoms with E-state index in [1.165, 1.54) is 0 Å². The molecule has 1 atom stereocenters. The highest BCUT2D eigenvalue weighted by Gasteiger charge is 2.25. The van der Waals surface area contributed by atoms with E-state index in [1.54, 1.807) is 18.3 Å². The largest absolute Gasteiger partial charge is 0.444 e. The van der Waals surface area contributed by atoms with Crippen LogP contribution >= 0.6 is 0 Å². The Bertz CT molecular complexity index is 756. The van der Waals surface area contributed by atoms with Gasteiger partial charge in [-0.05, 0) is 31.0 Å². The predicted octanol–water partition coefficient (Wildman–Crippen LogP) is 3.17. The van der Waals surface area contributed by atoms with Crippen molar-refractivity contribution in [1.82, 2.24) is 14.9 Å². The van der Waals surface area contributed by atoms with E-state index in [2.05, 4.69) is 47.0 Å². The van der Waals surface area contributed by atoms with Crippen molar-refractivity contribution >= 4 is 5.82 Å². The van der Waals surface area contributed by atoms with E-state index in [0.717, 1.165) is 44.3 Å². The third kappa shape index (κ3) is 4.37. The molecule has 0 aromatic carbocycles. The molecule has 1 aliphatic heterocycles. The van der Waals surface area contributed by atoms with Crippen LogP contribution in [0.15, 0.2) is 28.9 Å². The Morgan fingerprint density at radius 1 is 1.40 bits per heavy atom. The first kappa shape index (κ1) is 17.4. The summed E-state index contributed by atoms with van der Waals surface area (Å²) < 4.78 is 5.89. The molecule has 0 spiro atoms. The van der Waals surface area contributed by atoms with Gasteiger partial charge in [-0.3, -0.25) is 4.90 Å². The minimum atomic E-state index is -0.0101. The second-order valence-corrected chi connectivity index (χ2v) is 7.65. The van der Waals surface area contributed by atoms with Crippen molar-refractivity contribution < 1.29 is 4.42 Å². The zero-order valence-corrected chi connectivity index (χ0v) is 15.1. The van der Waals surface area contributed by atoms with Crippen LogP contribution in [-0.4, -0.2) is 34.5 Å². The Kier molecular flexibility index (Phi) is 5.05. The zero-order chi connectivity index (χ0) is 17.9. The Labute approximate surface area is 148 Å². The Morgan fingerprint density at radius 3 is 2.96 bits per heavy atom. The number of hydrogen-bond donors (Lipinski definition) is 1. The monoisotopic (exact) mass is 339 g/mol. The summed E-state index contributed by atoms with van der Waals surface area (Å²) >= 11 is 0. The van der Waals surface area contributed by atoms with Gasteiger partial charge in [0.2, 0.25) is 5.89 Å². The summed E-state index contributed by atoms with van der Waals surface area (Å²) in [6.45, 7) is 9.98. The lowest BCUT2D eigenvalue weighted by Gasteiger charge is -2.16. The van der Waals surface area contributed by atoms with E-state index < -0.39 is 0 Å². The number of nitriles is 1. The van der Waals surface area contributed by atoms with Crippen molar-refractivity contribution in [1.29, 1.82) is 5.26 Å². The van der Waals surface area contributed by atoms with Crippen molar-refractivity contribution in [2.45, 2.75) is 39.2 Å². The summed E-state index contributed by atoms with van der Waals surface area (Å²) in [4.78, 5) is 11.0. The summed E-state index contributed by atoms with van der Waals surface area (Å²) in [5.41, 5.74) is 0.580. The fourth-order valence-corrected chi connectivity index (χ4v) is 3.02. The molecule has 6 nitrogen and oxygen atoms in total. The van der Waals surface area contributed by atoms with Crippen molar-refractivity contribution in [3.8, 4) is 6.07 Å². The van der Waals surface area contributed by atoms with Crippen LogP contribution in [0.25, 0.3) is 0 Å². The molecule has 0 aliphatic carbocycles. The highest BCUT2D eigenvalue weighted by Crippen LogP contribution is 2.24. The first-order valence-corrected chi connectivity index (χ1v) is 8.72. The van der Waals surface area contributed by atoms with Gasteiger partial charge >= 0.3 is 0 Å². The third-order valence-electron chi connectivity index (χ3n) is 4.51. The number of nitrogens with one attached hydrogen (secondary N) is 1. The van der Waals surface area contributed by atoms with Crippen LogP contribution in [0.5, 0.6) is 0 Å². The predicted molar refractivity (Wildman–Crippen MR) is 96.0 cm³/mol. The lowest BCUT2D eigenvalue weighted by Crippen LogP contribution is -2.23. The van der Waals surface area contributed by atoms with E-state index in [1.807, 2.05) is 6.20 Å². The number of hydrogen-bond acceptors (Lipinski definition) is 6. The third-order valence-corrected chi connectivity index (χ3v) is 4.51. The Morgan fingerprint density at radius 2 is 2.24 bits per heavy atom. The van der Waals surface area contributed by atoms with E-state index in [9.17, 15) is 0 Å². The van der Waals surface area contributed by atoms with E-state index >= 15 is 0 Å². The maximum Gasteiger partial charge on any atom is 0.208 e. The average molecular weight is 339 g/mol. The van der Waals surface area contributed by atoms with Gasteiger partial charge < -0.3 is 9.73 Å². The molecule has 0 bridgehead atoms. The standard InChI is InChI=1S/C19H25N5O/c1-19(2,3)16-11-22-17(25-16)13-24-8-6-14(12-24)10-23-18-15(9-20)5-4-7-21-18/h4-5,7,11,14H,6,8,10,12-13H2,1-3H3,(H,21,23)/t14-/m1/s1. The van der Waals surface area contributed by atoms with Crippen LogP contribution in [-0.2, 0) is 12.0 Å². The second kappa shape index (κ2) is 7.24. The first-order valence-electron chi connectivity index (χ1n) is 8.72. The van der Waals surface area contributed by atoms with Gasteiger partial charge in [0.05, 0.1) is 18.3 Å². The minimum Gasteiger partial charge on any atom is -0.444 e. The van der Waals surface area contributed by atoms with Crippen LogP contribution < -0.4 is 5.32 Å². The minimum absolute atomic E-state index is 0.0101. The number of aromatic nitrogens is 2. The highest BCUT2D eigenvalue weighted by atomic mass is 16.4. The number of pyridine rings is 1. The first-order chi connectivity index (χ1) is 12.0. The molecular weight excluding hydrogens is 314 g/mol. The summed E-state index contributed by atoms with van der Waals surface area (Å²) in [5, 5.41) is 12.4. The molecule has 0 saturated carbocycles. The maximum atomic E-state index is 9.12. The van der Waals surface area contributed by atoms with Crippen LogP contribution in [0.3, 0.4) is 0 Å². The van der Waals surface area contributed by atoms with Crippen LogP contribution in [0, 0.1) is 17.2 Å². The van der Waals surface area contributed by atoms with Crippen molar-refractivity contribution in [3.63, 3.8) is 0 Å². The van der Waals surface area contributed by atoms with Gasteiger partial charge in [-0.15, -0.1) is 0 Å². The molecule has 1 aliphatic rings. The van der Waals surface area contributed by atoms with Crippen molar-refractivity contribution in [2.24, 2.45) is 5.92 Å². The zero-order valence-electron chi connectivity index (χ0n) is 15.1. The second-order valence-electron chi connectivity index (χ2n) is 7.65. The SMILES string of the molecule is CC(C)(C)c1cnc(CN2CC[C@H](CNc3ncccc3C#N)C2)o1. The Balaban J connectivity index is 1.50. The molecule has 3 rings (SSSR count). The smallest absolute Gasteiger partial charge is 0.208 e. The van der Waals surface area contributed by atoms with E-state index in [0.29, 0.717) is 17.3 Å². The lowest BCUT2D eigenvalue weighted by molar-refractivity contribution is 0.270. The molecule has 6 heteroatoms. The molecule has 2 aromatic heterocycles. The number of oxazole rings is 1. The number of anilines is 1. The van der Waals surface area contributed by atoms with Crippen LogP contribution in [0.1, 0.15) is 44.4 Å². The summed E-state index contributed by atoms with van der Waals surface area (Å²) in [6.07, 6.45) is 4.67. The van der Waals surface area contributed by atoms with Gasteiger partial charge in [-0.2, -0.15) is 5.26 Å². The molecule has 1 fully saturated rings. The maximum absolute atomic E-state index is 9.12. The molecule has 1 N–H and O–H groups in total. The summed E-state index contributed by atoms with van der Waals surface area (Å²) in [5.74, 6) is 2.92. The average Bonchev–Trinajstić information content (AvgIpc) is 3.23. The van der Waals surface area contributed by atoms with Gasteiger partial charge in [0.25, 0.3) is 0 Å². The summed E-state index contributed by atoms with van der Waals surface area (Å²) in [7, 11) is 0. The normalized spacial score (nSPS) is 18.2. The quantitative estimate of drug-likeness (QED) is 0.901. The molecule has 3 heterocycles. The number of rotatable bonds is 5. The van der Waals surface area contributed by atoms with Crippen LogP contribution in [0.2, 0.25) is 0 Å². The number of likely N-dealkylation sites (tertiary alicyclic amines) is 1. The molecule has 25 heavy (non-hydrogen) atoms. The summed E-state index contributed by atoms with van der Waals surface area (Å²) in [6, 6.07) is 5.74. The Hall–Kier alpha value is -2.39. The van der Waals surface area contributed by atoms with Gasteiger partial charge in [0, 0.05) is 24.7 Å². The molecule has 132 valence electrons. The van der Waals surface area contributed by atoms with Gasteiger partial charge in [-0.1, -0.05) is 20.8 Å². The van der Waals surface area contributed by atoms with Gasteiger partial charge in [-0.25, -0.2) is 9.97 Å². The van der Waals surface area contributed by atoms with Crippen molar-refractivity contribution in [2.75, 3.05) is 25.0 Å². The molecule has 0 unspecified atom stereocenters. The van der Waals surface area contributed by atoms with E-state index in [4.69, 9.17) is 9.68 Å². The number of nitrogens with zero attached hydrogens (tertiary/aromatic N) is 4.